The number of aromatic nitrogens is 1. The minimum Gasteiger partial charge on any atom is -0.298 e. The summed E-state index contributed by atoms with van der Waals surface area (Å²) in [7, 11) is 0. The van der Waals surface area contributed by atoms with E-state index in [0.717, 1.165) is 16.8 Å². The molecule has 0 saturated heterocycles. The van der Waals surface area contributed by atoms with Gasteiger partial charge >= 0.3 is 0 Å². The molecule has 0 radical (unpaired) electrons. The monoisotopic (exact) mass is 274 g/mol. The van der Waals surface area contributed by atoms with Gasteiger partial charge in [-0.05, 0) is 31.9 Å². The Hall–Kier alpha value is -1.68. The van der Waals surface area contributed by atoms with Gasteiger partial charge in [-0.3, -0.25) is 10.1 Å². The summed E-state index contributed by atoms with van der Waals surface area (Å²) in [6.45, 7) is 8.16. The number of hydrogen-bond acceptors (Lipinski definition) is 3. The number of benzene rings is 1. The van der Waals surface area contributed by atoms with Crippen molar-refractivity contribution in [3.63, 3.8) is 0 Å². The Labute approximate surface area is 117 Å². The zero-order valence-electron chi connectivity index (χ0n) is 11.7. The zero-order chi connectivity index (χ0) is 14.0. The highest BCUT2D eigenvalue weighted by molar-refractivity contribution is 7.14. The molecule has 0 atom stereocenters. The second-order valence-corrected chi connectivity index (χ2v) is 5.92. The summed E-state index contributed by atoms with van der Waals surface area (Å²) < 4.78 is 0. The second-order valence-electron chi connectivity index (χ2n) is 5.06. The molecule has 0 bridgehead atoms. The predicted octanol–water partition coefficient (Wildman–Crippen LogP) is 4.14. The van der Waals surface area contributed by atoms with Crippen LogP contribution in [-0.4, -0.2) is 10.9 Å². The molecule has 1 N–H and O–H groups in total. The quantitative estimate of drug-likeness (QED) is 0.914. The van der Waals surface area contributed by atoms with Crippen LogP contribution >= 0.6 is 11.3 Å². The third-order valence-corrected chi connectivity index (χ3v) is 3.59. The molecule has 0 aliphatic heterocycles. The number of nitrogens with zero attached hydrogens (tertiary/aromatic N) is 1. The van der Waals surface area contributed by atoms with Gasteiger partial charge < -0.3 is 0 Å². The molecule has 19 heavy (non-hydrogen) atoms. The van der Waals surface area contributed by atoms with Gasteiger partial charge in [0.25, 0.3) is 5.91 Å². The number of anilines is 1. The zero-order valence-corrected chi connectivity index (χ0v) is 12.5. The van der Waals surface area contributed by atoms with Gasteiger partial charge in [0, 0.05) is 10.9 Å². The van der Waals surface area contributed by atoms with Crippen molar-refractivity contribution in [2.45, 2.75) is 33.6 Å². The number of aryl methyl sites for hydroxylation is 2. The van der Waals surface area contributed by atoms with Crippen molar-refractivity contribution in [1.29, 1.82) is 0 Å². The first-order valence-corrected chi connectivity index (χ1v) is 7.18. The third kappa shape index (κ3) is 3.41. The molecular formula is C15H18N2OS. The molecule has 3 nitrogen and oxygen atoms in total. The van der Waals surface area contributed by atoms with Gasteiger partial charge in [0.15, 0.2) is 5.13 Å². The molecular weight excluding hydrogens is 256 g/mol. The fraction of sp³-hybridized carbons (Fsp3) is 0.333. The standard InChI is InChI=1S/C15H18N2OS/c1-9(2)13-8-19-15(16-13)17-14(18)12-6-10(3)5-11(4)7-12/h5-9H,1-4H3,(H,16,17,18). The predicted molar refractivity (Wildman–Crippen MR) is 80.1 cm³/mol. The van der Waals surface area contributed by atoms with E-state index in [0.29, 0.717) is 16.6 Å². The van der Waals surface area contributed by atoms with E-state index in [2.05, 4.69) is 30.2 Å². The number of rotatable bonds is 3. The minimum atomic E-state index is -0.101. The van der Waals surface area contributed by atoms with Crippen molar-refractivity contribution in [3.05, 3.63) is 46.0 Å². The molecule has 2 rings (SSSR count). The van der Waals surface area contributed by atoms with E-state index >= 15 is 0 Å². The summed E-state index contributed by atoms with van der Waals surface area (Å²) in [5, 5.41) is 5.50. The Bertz CT molecular complexity index is 582. The molecule has 1 aromatic heterocycles. The van der Waals surface area contributed by atoms with Crippen molar-refractivity contribution in [2.75, 3.05) is 5.32 Å². The van der Waals surface area contributed by atoms with E-state index < -0.39 is 0 Å². The molecule has 0 aliphatic rings. The smallest absolute Gasteiger partial charge is 0.257 e. The summed E-state index contributed by atoms with van der Waals surface area (Å²) in [6.07, 6.45) is 0. The molecule has 100 valence electrons. The topological polar surface area (TPSA) is 42.0 Å². The maximum Gasteiger partial charge on any atom is 0.257 e. The van der Waals surface area contributed by atoms with Crippen molar-refractivity contribution in [2.24, 2.45) is 0 Å². The van der Waals surface area contributed by atoms with Crippen LogP contribution in [0.15, 0.2) is 23.6 Å². The summed E-state index contributed by atoms with van der Waals surface area (Å²) in [5.41, 5.74) is 3.87. The Morgan fingerprint density at radius 1 is 1.21 bits per heavy atom. The first kappa shape index (κ1) is 13.7. The van der Waals surface area contributed by atoms with Crippen LogP contribution in [0, 0.1) is 13.8 Å². The average molecular weight is 274 g/mol. The lowest BCUT2D eigenvalue weighted by molar-refractivity contribution is 0.102. The molecule has 2 aromatic rings. The summed E-state index contributed by atoms with van der Waals surface area (Å²) in [5.74, 6) is 0.277. The van der Waals surface area contributed by atoms with Crippen LogP contribution in [0.4, 0.5) is 5.13 Å². The van der Waals surface area contributed by atoms with E-state index in [9.17, 15) is 4.79 Å². The van der Waals surface area contributed by atoms with Crippen molar-refractivity contribution >= 4 is 22.4 Å². The summed E-state index contributed by atoms with van der Waals surface area (Å²) >= 11 is 1.47. The summed E-state index contributed by atoms with van der Waals surface area (Å²) in [4.78, 5) is 16.6. The summed E-state index contributed by atoms with van der Waals surface area (Å²) in [6, 6.07) is 5.83. The van der Waals surface area contributed by atoms with Crippen LogP contribution in [-0.2, 0) is 0 Å². The minimum absolute atomic E-state index is 0.101. The highest BCUT2D eigenvalue weighted by Gasteiger charge is 2.11. The number of carbonyl (C=O) groups is 1. The van der Waals surface area contributed by atoms with Gasteiger partial charge in [-0.2, -0.15) is 0 Å². The van der Waals surface area contributed by atoms with E-state index in [-0.39, 0.29) is 5.91 Å². The fourth-order valence-corrected chi connectivity index (χ4v) is 2.75. The molecule has 1 heterocycles. The van der Waals surface area contributed by atoms with Gasteiger partial charge in [-0.1, -0.05) is 31.0 Å². The maximum absolute atomic E-state index is 12.2. The van der Waals surface area contributed by atoms with Crippen LogP contribution in [0.3, 0.4) is 0 Å². The lowest BCUT2D eigenvalue weighted by atomic mass is 10.1. The van der Waals surface area contributed by atoms with Crippen LogP contribution < -0.4 is 5.32 Å². The van der Waals surface area contributed by atoms with Gasteiger partial charge in [0.05, 0.1) is 5.69 Å². The lowest BCUT2D eigenvalue weighted by Gasteiger charge is -2.05. The van der Waals surface area contributed by atoms with Crippen molar-refractivity contribution in [3.8, 4) is 0 Å². The van der Waals surface area contributed by atoms with E-state index in [1.54, 1.807) is 0 Å². The largest absolute Gasteiger partial charge is 0.298 e. The molecule has 1 amide bonds. The molecule has 4 heteroatoms. The molecule has 0 saturated carbocycles. The Morgan fingerprint density at radius 2 is 1.84 bits per heavy atom. The Kier molecular flexibility index (Phi) is 4.00. The lowest BCUT2D eigenvalue weighted by Crippen LogP contribution is -2.12. The molecule has 1 aromatic carbocycles. The normalized spacial score (nSPS) is 10.8. The number of nitrogens with one attached hydrogen (secondary N) is 1. The SMILES string of the molecule is Cc1cc(C)cc(C(=O)Nc2nc(C(C)C)cs2)c1. The van der Waals surface area contributed by atoms with E-state index in [1.165, 1.54) is 11.3 Å². The highest BCUT2D eigenvalue weighted by atomic mass is 32.1. The van der Waals surface area contributed by atoms with Crippen LogP contribution in [0.1, 0.15) is 46.9 Å². The van der Waals surface area contributed by atoms with Gasteiger partial charge in [-0.25, -0.2) is 4.98 Å². The first-order chi connectivity index (χ1) is 8.95. The third-order valence-electron chi connectivity index (χ3n) is 2.82. The van der Waals surface area contributed by atoms with Gasteiger partial charge in [-0.15, -0.1) is 11.3 Å². The Morgan fingerprint density at radius 3 is 2.37 bits per heavy atom. The number of carbonyl (C=O) groups excluding carboxylic acids is 1. The van der Waals surface area contributed by atoms with Gasteiger partial charge in [0.2, 0.25) is 0 Å². The molecule has 0 spiro atoms. The van der Waals surface area contributed by atoms with E-state index in [1.807, 2.05) is 31.4 Å². The number of amides is 1. The first-order valence-electron chi connectivity index (χ1n) is 6.31. The van der Waals surface area contributed by atoms with Crippen LogP contribution in [0.25, 0.3) is 0 Å². The average Bonchev–Trinajstić information content (AvgIpc) is 2.76. The van der Waals surface area contributed by atoms with Crippen LogP contribution in [0.2, 0.25) is 0 Å². The van der Waals surface area contributed by atoms with Crippen molar-refractivity contribution < 1.29 is 4.79 Å². The number of thiazole rings is 1. The maximum atomic E-state index is 12.2. The fourth-order valence-electron chi connectivity index (χ4n) is 1.88. The van der Waals surface area contributed by atoms with Crippen molar-refractivity contribution in [1.82, 2.24) is 4.98 Å². The molecule has 0 fully saturated rings. The van der Waals surface area contributed by atoms with Crippen LogP contribution in [0.5, 0.6) is 0 Å². The Balaban J connectivity index is 2.15. The number of hydrogen-bond donors (Lipinski definition) is 1. The van der Waals surface area contributed by atoms with E-state index in [4.69, 9.17) is 0 Å². The molecule has 0 aliphatic carbocycles. The molecule has 0 unspecified atom stereocenters. The highest BCUT2D eigenvalue weighted by Crippen LogP contribution is 2.22. The van der Waals surface area contributed by atoms with Gasteiger partial charge in [0.1, 0.15) is 0 Å². The second kappa shape index (κ2) is 5.53.